The first-order chi connectivity index (χ1) is 6.29. The van der Waals surface area contributed by atoms with Gasteiger partial charge >= 0.3 is 0 Å². The van der Waals surface area contributed by atoms with Gasteiger partial charge in [-0.15, -0.1) is 0 Å². The zero-order valence-corrected chi connectivity index (χ0v) is 8.88. The Bertz CT molecular complexity index is 333. The van der Waals surface area contributed by atoms with Crippen molar-refractivity contribution in [1.29, 1.82) is 0 Å². The van der Waals surface area contributed by atoms with Gasteiger partial charge in [-0.2, -0.15) is 0 Å². The lowest BCUT2D eigenvalue weighted by atomic mass is 10.0. The van der Waals surface area contributed by atoms with Gasteiger partial charge in [0.1, 0.15) is 0 Å². The van der Waals surface area contributed by atoms with Crippen molar-refractivity contribution in [1.82, 2.24) is 0 Å². The maximum absolute atomic E-state index is 11.8. The van der Waals surface area contributed by atoms with Crippen LogP contribution in [0.4, 0.5) is 0 Å². The number of aryl methyl sites for hydroxylation is 1. The van der Waals surface area contributed by atoms with Crippen molar-refractivity contribution < 1.29 is 4.79 Å². The SMILES string of the molecule is O=C1c2ccccc2CCCC1Br. The third-order valence-electron chi connectivity index (χ3n) is 2.47. The van der Waals surface area contributed by atoms with Crippen LogP contribution in [0, 0.1) is 0 Å². The molecule has 0 heterocycles. The molecular weight excluding hydrogens is 228 g/mol. The van der Waals surface area contributed by atoms with Crippen LogP contribution in [0.1, 0.15) is 28.8 Å². The molecule has 13 heavy (non-hydrogen) atoms. The standard InChI is InChI=1S/C11H11BrO/c12-10-7-3-5-8-4-1-2-6-9(8)11(10)13/h1-2,4,6,10H,3,5,7H2. The van der Waals surface area contributed by atoms with E-state index >= 15 is 0 Å². The molecule has 1 aromatic rings. The monoisotopic (exact) mass is 238 g/mol. The molecule has 0 saturated carbocycles. The lowest BCUT2D eigenvalue weighted by Crippen LogP contribution is -2.12. The minimum absolute atomic E-state index is 0.0242. The number of halogens is 1. The number of benzene rings is 1. The maximum Gasteiger partial charge on any atom is 0.176 e. The highest BCUT2D eigenvalue weighted by molar-refractivity contribution is 9.10. The van der Waals surface area contributed by atoms with Crippen LogP contribution < -0.4 is 0 Å². The third kappa shape index (κ3) is 1.68. The van der Waals surface area contributed by atoms with Crippen LogP contribution in [-0.4, -0.2) is 10.6 Å². The van der Waals surface area contributed by atoms with Crippen LogP contribution in [0.25, 0.3) is 0 Å². The molecule has 1 unspecified atom stereocenters. The summed E-state index contributed by atoms with van der Waals surface area (Å²) in [5.74, 6) is 0.244. The molecule has 0 saturated heterocycles. The van der Waals surface area contributed by atoms with Gasteiger partial charge in [0.25, 0.3) is 0 Å². The van der Waals surface area contributed by atoms with Crippen LogP contribution in [0.2, 0.25) is 0 Å². The summed E-state index contributed by atoms with van der Waals surface area (Å²) in [6.07, 6.45) is 3.08. The molecule has 0 aliphatic heterocycles. The molecular formula is C11H11BrO. The van der Waals surface area contributed by atoms with E-state index in [9.17, 15) is 4.79 Å². The van der Waals surface area contributed by atoms with Crippen LogP contribution in [0.15, 0.2) is 24.3 Å². The predicted octanol–water partition coefficient (Wildman–Crippen LogP) is 2.97. The van der Waals surface area contributed by atoms with Gasteiger partial charge < -0.3 is 0 Å². The second kappa shape index (κ2) is 3.62. The van der Waals surface area contributed by atoms with E-state index in [0.29, 0.717) is 0 Å². The smallest absolute Gasteiger partial charge is 0.176 e. The molecule has 0 fully saturated rings. The number of carbonyl (C=O) groups is 1. The topological polar surface area (TPSA) is 17.1 Å². The van der Waals surface area contributed by atoms with E-state index in [4.69, 9.17) is 0 Å². The van der Waals surface area contributed by atoms with Crippen molar-refractivity contribution in [2.45, 2.75) is 24.1 Å². The van der Waals surface area contributed by atoms with Crippen LogP contribution in [0.5, 0.6) is 0 Å². The Labute approximate surface area is 86.3 Å². The number of hydrogen-bond donors (Lipinski definition) is 0. The van der Waals surface area contributed by atoms with E-state index in [-0.39, 0.29) is 10.6 Å². The first-order valence-electron chi connectivity index (χ1n) is 4.55. The molecule has 0 spiro atoms. The number of Topliss-reactive ketones (excluding diaryl/α,β-unsaturated/α-hetero) is 1. The minimum atomic E-state index is 0.0242. The molecule has 2 heteroatoms. The highest BCUT2D eigenvalue weighted by atomic mass is 79.9. The average molecular weight is 239 g/mol. The Morgan fingerprint density at radius 2 is 2.08 bits per heavy atom. The lowest BCUT2D eigenvalue weighted by Gasteiger charge is -2.04. The van der Waals surface area contributed by atoms with Gasteiger partial charge in [0.2, 0.25) is 0 Å². The van der Waals surface area contributed by atoms with Crippen molar-refractivity contribution in [3.8, 4) is 0 Å². The van der Waals surface area contributed by atoms with Crippen molar-refractivity contribution >= 4 is 21.7 Å². The zero-order chi connectivity index (χ0) is 9.26. The summed E-state index contributed by atoms with van der Waals surface area (Å²) >= 11 is 3.42. The second-order valence-corrected chi connectivity index (χ2v) is 4.49. The molecule has 0 N–H and O–H groups in total. The van der Waals surface area contributed by atoms with E-state index in [1.165, 1.54) is 5.56 Å². The average Bonchev–Trinajstić information content (AvgIpc) is 2.29. The van der Waals surface area contributed by atoms with Crippen LogP contribution in [0.3, 0.4) is 0 Å². The van der Waals surface area contributed by atoms with Gasteiger partial charge in [0, 0.05) is 5.56 Å². The fraction of sp³-hybridized carbons (Fsp3) is 0.364. The molecule has 1 aliphatic rings. The second-order valence-electron chi connectivity index (χ2n) is 3.38. The summed E-state index contributed by atoms with van der Waals surface area (Å²) < 4.78 is 0. The van der Waals surface area contributed by atoms with Gasteiger partial charge in [-0.05, 0) is 24.8 Å². The zero-order valence-electron chi connectivity index (χ0n) is 7.29. The number of ketones is 1. The lowest BCUT2D eigenvalue weighted by molar-refractivity contribution is 0.0990. The van der Waals surface area contributed by atoms with Gasteiger partial charge in [-0.25, -0.2) is 0 Å². The van der Waals surface area contributed by atoms with E-state index in [1.54, 1.807) is 0 Å². The molecule has 0 bridgehead atoms. The molecule has 1 atom stereocenters. The predicted molar refractivity (Wildman–Crippen MR) is 56.4 cm³/mol. The van der Waals surface area contributed by atoms with Crippen LogP contribution >= 0.6 is 15.9 Å². The number of rotatable bonds is 0. The summed E-state index contributed by atoms with van der Waals surface area (Å²) in [5.41, 5.74) is 2.11. The summed E-state index contributed by atoms with van der Waals surface area (Å²) in [4.78, 5) is 11.8. The summed E-state index contributed by atoms with van der Waals surface area (Å²) in [6, 6.07) is 7.91. The Hall–Kier alpha value is -0.630. The summed E-state index contributed by atoms with van der Waals surface area (Å²) in [6.45, 7) is 0. The molecule has 68 valence electrons. The normalized spacial score (nSPS) is 22.2. The first kappa shape index (κ1) is 8.95. The molecule has 1 aromatic carbocycles. The van der Waals surface area contributed by atoms with Crippen molar-refractivity contribution in [2.75, 3.05) is 0 Å². The largest absolute Gasteiger partial charge is 0.293 e. The van der Waals surface area contributed by atoms with Crippen molar-refractivity contribution in [2.24, 2.45) is 0 Å². The molecule has 1 aliphatic carbocycles. The maximum atomic E-state index is 11.8. The molecule has 0 aromatic heterocycles. The molecule has 0 amide bonds. The third-order valence-corrected chi connectivity index (χ3v) is 3.34. The number of carbonyl (C=O) groups excluding carboxylic acids is 1. The van der Waals surface area contributed by atoms with Gasteiger partial charge in [-0.3, -0.25) is 4.79 Å². The Morgan fingerprint density at radius 3 is 2.92 bits per heavy atom. The highest BCUT2D eigenvalue weighted by Gasteiger charge is 2.22. The number of hydrogen-bond acceptors (Lipinski definition) is 1. The number of alkyl halides is 1. The summed E-state index contributed by atoms with van der Waals surface area (Å²) in [5, 5.41) is 0. The molecule has 0 radical (unpaired) electrons. The minimum Gasteiger partial charge on any atom is -0.293 e. The van der Waals surface area contributed by atoms with E-state index in [2.05, 4.69) is 22.0 Å². The number of fused-ring (bicyclic) bond motifs is 1. The fourth-order valence-corrected chi connectivity index (χ4v) is 2.32. The van der Waals surface area contributed by atoms with Gasteiger partial charge in [0.05, 0.1) is 4.83 Å². The van der Waals surface area contributed by atoms with Gasteiger partial charge in [0.15, 0.2) is 5.78 Å². The fourth-order valence-electron chi connectivity index (χ4n) is 1.75. The Balaban J connectivity index is 2.46. The quantitative estimate of drug-likeness (QED) is 0.502. The first-order valence-corrected chi connectivity index (χ1v) is 5.47. The highest BCUT2D eigenvalue weighted by Crippen LogP contribution is 2.24. The van der Waals surface area contributed by atoms with Crippen molar-refractivity contribution in [3.05, 3.63) is 35.4 Å². The van der Waals surface area contributed by atoms with Crippen molar-refractivity contribution in [3.63, 3.8) is 0 Å². The van der Waals surface area contributed by atoms with Crippen LogP contribution in [-0.2, 0) is 6.42 Å². The summed E-state index contributed by atoms with van der Waals surface area (Å²) in [7, 11) is 0. The molecule has 1 nitrogen and oxygen atoms in total. The van der Waals surface area contributed by atoms with E-state index in [0.717, 1.165) is 24.8 Å². The van der Waals surface area contributed by atoms with E-state index < -0.39 is 0 Å². The van der Waals surface area contributed by atoms with E-state index in [1.807, 2.05) is 18.2 Å². The Morgan fingerprint density at radius 1 is 1.31 bits per heavy atom. The van der Waals surface area contributed by atoms with Gasteiger partial charge in [-0.1, -0.05) is 40.2 Å². The molecule has 2 rings (SSSR count). The Kier molecular flexibility index (Phi) is 2.49.